The molecule has 1 fully saturated rings. The molecule has 1 heterocycles. The van der Waals surface area contributed by atoms with Crippen LogP contribution in [0, 0.1) is 0 Å². The maximum atomic E-state index is 13.0. The summed E-state index contributed by atoms with van der Waals surface area (Å²) >= 11 is 0. The van der Waals surface area contributed by atoms with Crippen LogP contribution < -0.4 is 9.62 Å². The molecule has 1 amide bonds. The Morgan fingerprint density at radius 1 is 1.04 bits per heavy atom. The van der Waals surface area contributed by atoms with Gasteiger partial charge in [-0.15, -0.1) is 0 Å². The van der Waals surface area contributed by atoms with Crippen molar-refractivity contribution in [3.05, 3.63) is 59.7 Å². The van der Waals surface area contributed by atoms with Crippen LogP contribution in [0.25, 0.3) is 0 Å². The number of nitrogens with zero attached hydrogens (tertiary/aromatic N) is 1. The molecule has 0 aliphatic carbocycles. The fraction of sp³-hybridized carbons (Fsp3) is 0.278. The second kappa shape index (κ2) is 7.32. The molecule has 27 heavy (non-hydrogen) atoms. The van der Waals surface area contributed by atoms with Gasteiger partial charge in [-0.1, -0.05) is 24.3 Å². The summed E-state index contributed by atoms with van der Waals surface area (Å²) in [6.07, 6.45) is -3.48. The van der Waals surface area contributed by atoms with E-state index in [1.54, 1.807) is 29.2 Å². The summed E-state index contributed by atoms with van der Waals surface area (Å²) in [5.41, 5.74) is 0.0744. The summed E-state index contributed by atoms with van der Waals surface area (Å²) in [7, 11) is -4.34. The van der Waals surface area contributed by atoms with Gasteiger partial charge in [-0.3, -0.25) is 4.79 Å². The van der Waals surface area contributed by atoms with E-state index in [1.807, 2.05) is 0 Å². The van der Waals surface area contributed by atoms with Crippen LogP contribution in [0.15, 0.2) is 53.4 Å². The number of rotatable bonds is 5. The Hall–Kier alpha value is -2.39. The molecule has 1 aliphatic heterocycles. The van der Waals surface area contributed by atoms with E-state index in [2.05, 4.69) is 4.72 Å². The zero-order chi connectivity index (χ0) is 19.7. The Labute approximate surface area is 154 Å². The number of benzene rings is 2. The summed E-state index contributed by atoms with van der Waals surface area (Å²) in [6, 6.07) is 10.7. The molecule has 3 rings (SSSR count). The molecular formula is C18H17F3N2O3S. The predicted molar refractivity (Wildman–Crippen MR) is 93.5 cm³/mol. The average molecular weight is 398 g/mol. The molecule has 0 aromatic heterocycles. The molecule has 0 saturated carbocycles. The summed E-state index contributed by atoms with van der Waals surface area (Å²) in [6.45, 7) is 0.474. The number of hydrogen-bond donors (Lipinski definition) is 1. The zero-order valence-corrected chi connectivity index (χ0v) is 15.0. The second-order valence-electron chi connectivity index (χ2n) is 6.13. The lowest BCUT2D eigenvalue weighted by atomic mass is 10.2. The molecule has 1 N–H and O–H groups in total. The van der Waals surface area contributed by atoms with Crippen LogP contribution in [0.3, 0.4) is 0 Å². The van der Waals surface area contributed by atoms with Crippen molar-refractivity contribution in [2.75, 3.05) is 11.4 Å². The quantitative estimate of drug-likeness (QED) is 0.840. The summed E-state index contributed by atoms with van der Waals surface area (Å²) in [5.74, 6) is 0.0345. The van der Waals surface area contributed by atoms with E-state index in [9.17, 15) is 26.4 Å². The van der Waals surface area contributed by atoms with Crippen LogP contribution in [-0.2, 0) is 27.5 Å². The highest BCUT2D eigenvalue weighted by Crippen LogP contribution is 2.33. The van der Waals surface area contributed by atoms with E-state index in [-0.39, 0.29) is 12.5 Å². The van der Waals surface area contributed by atoms with Crippen LogP contribution in [-0.4, -0.2) is 20.9 Å². The molecule has 0 bridgehead atoms. The molecule has 144 valence electrons. The highest BCUT2D eigenvalue weighted by molar-refractivity contribution is 7.89. The number of amides is 1. The SMILES string of the molecule is O=C1CCCN1c1ccc(CNS(=O)(=O)c2ccccc2C(F)(F)F)cc1. The van der Waals surface area contributed by atoms with Gasteiger partial charge in [-0.05, 0) is 36.2 Å². The summed E-state index contributed by atoms with van der Waals surface area (Å²) < 4.78 is 66.0. The third kappa shape index (κ3) is 4.30. The third-order valence-electron chi connectivity index (χ3n) is 4.27. The van der Waals surface area contributed by atoms with E-state index in [1.165, 1.54) is 6.07 Å². The van der Waals surface area contributed by atoms with Gasteiger partial charge in [0.2, 0.25) is 15.9 Å². The largest absolute Gasteiger partial charge is 0.417 e. The van der Waals surface area contributed by atoms with Gasteiger partial charge in [0.1, 0.15) is 0 Å². The fourth-order valence-corrected chi connectivity index (χ4v) is 4.15. The molecule has 0 radical (unpaired) electrons. The Morgan fingerprint density at radius 3 is 2.30 bits per heavy atom. The van der Waals surface area contributed by atoms with Crippen LogP contribution >= 0.6 is 0 Å². The molecule has 9 heteroatoms. The number of sulfonamides is 1. The van der Waals surface area contributed by atoms with Crippen molar-refractivity contribution in [1.82, 2.24) is 4.72 Å². The van der Waals surface area contributed by atoms with Gasteiger partial charge >= 0.3 is 6.18 Å². The number of carbonyl (C=O) groups excluding carboxylic acids is 1. The number of halogens is 3. The normalized spacial score (nSPS) is 15.4. The van der Waals surface area contributed by atoms with Crippen LogP contribution in [0.4, 0.5) is 18.9 Å². The molecule has 1 saturated heterocycles. The van der Waals surface area contributed by atoms with E-state index >= 15 is 0 Å². The number of alkyl halides is 3. The minimum absolute atomic E-state index is 0.0345. The fourth-order valence-electron chi connectivity index (χ4n) is 2.91. The number of carbonyl (C=O) groups is 1. The Kier molecular flexibility index (Phi) is 5.25. The lowest BCUT2D eigenvalue weighted by Crippen LogP contribution is -2.26. The van der Waals surface area contributed by atoms with Crippen molar-refractivity contribution in [3.63, 3.8) is 0 Å². The van der Waals surface area contributed by atoms with E-state index in [0.717, 1.165) is 24.6 Å². The Balaban J connectivity index is 1.74. The smallest absolute Gasteiger partial charge is 0.312 e. The van der Waals surface area contributed by atoms with Gasteiger partial charge in [0.15, 0.2) is 0 Å². The van der Waals surface area contributed by atoms with Gasteiger partial charge < -0.3 is 4.90 Å². The second-order valence-corrected chi connectivity index (χ2v) is 7.87. The predicted octanol–water partition coefficient (Wildman–Crippen LogP) is 3.31. The van der Waals surface area contributed by atoms with Gasteiger partial charge in [0, 0.05) is 25.2 Å². The zero-order valence-electron chi connectivity index (χ0n) is 14.2. The number of anilines is 1. The lowest BCUT2D eigenvalue weighted by molar-refractivity contribution is -0.139. The monoisotopic (exact) mass is 398 g/mol. The van der Waals surface area contributed by atoms with Gasteiger partial charge in [0.05, 0.1) is 10.5 Å². The standard InChI is InChI=1S/C18H17F3N2O3S/c19-18(20,21)15-4-1-2-5-16(15)27(25,26)22-12-13-7-9-14(10-8-13)23-11-3-6-17(23)24/h1-2,4-5,7-10,22H,3,6,11-12H2. The minimum atomic E-state index is -4.77. The maximum Gasteiger partial charge on any atom is 0.417 e. The van der Waals surface area contributed by atoms with Crippen molar-refractivity contribution in [2.24, 2.45) is 0 Å². The molecule has 0 atom stereocenters. The van der Waals surface area contributed by atoms with Crippen molar-refractivity contribution < 1.29 is 26.4 Å². The number of hydrogen-bond acceptors (Lipinski definition) is 3. The van der Waals surface area contributed by atoms with Crippen molar-refractivity contribution >= 4 is 21.6 Å². The maximum absolute atomic E-state index is 13.0. The molecule has 1 aliphatic rings. The lowest BCUT2D eigenvalue weighted by Gasteiger charge is -2.16. The molecule has 2 aromatic rings. The van der Waals surface area contributed by atoms with Crippen LogP contribution in [0.2, 0.25) is 0 Å². The van der Waals surface area contributed by atoms with Crippen molar-refractivity contribution in [1.29, 1.82) is 0 Å². The van der Waals surface area contributed by atoms with Gasteiger partial charge in [-0.2, -0.15) is 13.2 Å². The molecule has 2 aromatic carbocycles. The third-order valence-corrected chi connectivity index (χ3v) is 5.73. The summed E-state index contributed by atoms with van der Waals surface area (Å²) in [5, 5.41) is 0. The Morgan fingerprint density at radius 2 is 1.70 bits per heavy atom. The first-order valence-corrected chi connectivity index (χ1v) is 9.72. The van der Waals surface area contributed by atoms with Crippen LogP contribution in [0.5, 0.6) is 0 Å². The molecule has 0 spiro atoms. The molecule has 0 unspecified atom stereocenters. The van der Waals surface area contributed by atoms with E-state index in [0.29, 0.717) is 24.2 Å². The first-order chi connectivity index (χ1) is 12.7. The first-order valence-electron chi connectivity index (χ1n) is 8.24. The molecule has 5 nitrogen and oxygen atoms in total. The van der Waals surface area contributed by atoms with E-state index in [4.69, 9.17) is 0 Å². The molecular weight excluding hydrogens is 381 g/mol. The van der Waals surface area contributed by atoms with Crippen molar-refractivity contribution in [2.45, 2.75) is 30.5 Å². The number of nitrogens with one attached hydrogen (secondary N) is 1. The Bertz CT molecular complexity index is 941. The average Bonchev–Trinajstić information content (AvgIpc) is 3.06. The van der Waals surface area contributed by atoms with E-state index < -0.39 is 26.7 Å². The minimum Gasteiger partial charge on any atom is -0.312 e. The van der Waals surface area contributed by atoms with Gasteiger partial charge in [0.25, 0.3) is 0 Å². The van der Waals surface area contributed by atoms with Crippen molar-refractivity contribution in [3.8, 4) is 0 Å². The highest BCUT2D eigenvalue weighted by Gasteiger charge is 2.36. The first kappa shape index (κ1) is 19.4. The summed E-state index contributed by atoms with van der Waals surface area (Å²) in [4.78, 5) is 12.6. The topological polar surface area (TPSA) is 66.5 Å². The highest BCUT2D eigenvalue weighted by atomic mass is 32.2. The van der Waals surface area contributed by atoms with Crippen LogP contribution in [0.1, 0.15) is 24.0 Å². The van der Waals surface area contributed by atoms with Gasteiger partial charge in [-0.25, -0.2) is 13.1 Å².